The molecule has 0 aromatic heterocycles. The van der Waals surface area contributed by atoms with Gasteiger partial charge in [-0.05, 0) is 58.3 Å². The minimum Gasteiger partial charge on any atom is -0.478 e. The van der Waals surface area contributed by atoms with Crippen LogP contribution < -0.4 is 4.90 Å². The highest BCUT2D eigenvalue weighted by Gasteiger charge is 2.41. The molecule has 0 radical (unpaired) electrons. The number of carbonyl (C=O) groups is 2. The first kappa shape index (κ1) is 20.4. The minimum atomic E-state index is -4.98. The van der Waals surface area contributed by atoms with E-state index in [0.29, 0.717) is 23.9 Å². The summed E-state index contributed by atoms with van der Waals surface area (Å²) in [6.45, 7) is 0.290. The van der Waals surface area contributed by atoms with E-state index < -0.39 is 23.6 Å². The molecule has 0 bridgehead atoms. The summed E-state index contributed by atoms with van der Waals surface area (Å²) in [4.78, 5) is 25.5. The summed E-state index contributed by atoms with van der Waals surface area (Å²) in [6, 6.07) is 14.6. The average molecular weight is 501 g/mol. The Morgan fingerprint density at radius 1 is 1.18 bits per heavy atom. The Bertz CT molecular complexity index is 941. The lowest BCUT2D eigenvalue weighted by molar-refractivity contribution is -0.145. The van der Waals surface area contributed by atoms with Gasteiger partial charge in [0.2, 0.25) is 5.91 Å². The van der Waals surface area contributed by atoms with E-state index in [1.165, 1.54) is 4.90 Å². The summed E-state index contributed by atoms with van der Waals surface area (Å²) in [7, 11) is 0. The minimum absolute atomic E-state index is 0.290. The van der Waals surface area contributed by atoms with Crippen LogP contribution in [0.1, 0.15) is 23.5 Å². The van der Waals surface area contributed by atoms with Crippen molar-refractivity contribution < 1.29 is 27.9 Å². The molecule has 3 rings (SSSR count). The second-order valence-corrected chi connectivity index (χ2v) is 7.57. The lowest BCUT2D eigenvalue weighted by Crippen LogP contribution is -2.28. The summed E-state index contributed by atoms with van der Waals surface area (Å²) in [5.74, 6) is -3.25. The highest BCUT2D eigenvalue weighted by Crippen LogP contribution is 2.41. The third kappa shape index (κ3) is 4.21. The van der Waals surface area contributed by atoms with Crippen molar-refractivity contribution in [2.24, 2.45) is 0 Å². The van der Waals surface area contributed by atoms with Gasteiger partial charge in [-0.25, -0.2) is 4.79 Å². The fourth-order valence-corrected chi connectivity index (χ4v) is 3.72. The van der Waals surface area contributed by atoms with E-state index in [4.69, 9.17) is 5.11 Å². The number of rotatable bonds is 5. The molecular weight excluding hydrogens is 486 g/mol. The number of nitrogens with zero attached hydrogens (tertiary/aromatic N) is 1. The number of hydrogen-bond donors (Lipinski definition) is 1. The zero-order valence-corrected chi connectivity index (χ0v) is 16.6. The molecule has 8 heteroatoms. The van der Waals surface area contributed by atoms with E-state index in [1.807, 2.05) is 36.4 Å². The maximum absolute atomic E-state index is 13.0. The number of carbonyl (C=O) groups excluding carboxylic acids is 1. The van der Waals surface area contributed by atoms with Gasteiger partial charge < -0.3 is 10.0 Å². The molecule has 1 unspecified atom stereocenters. The van der Waals surface area contributed by atoms with Crippen molar-refractivity contribution >= 4 is 40.2 Å². The summed E-state index contributed by atoms with van der Waals surface area (Å²) in [5.41, 5.74) is 0.472. The van der Waals surface area contributed by atoms with Crippen molar-refractivity contribution in [1.82, 2.24) is 0 Å². The van der Waals surface area contributed by atoms with Gasteiger partial charge in [0.1, 0.15) is 5.57 Å². The van der Waals surface area contributed by atoms with Gasteiger partial charge in [-0.3, -0.25) is 4.79 Å². The molecule has 1 N–H and O–H groups in total. The van der Waals surface area contributed by atoms with Crippen LogP contribution in [0.2, 0.25) is 0 Å². The quantitative estimate of drug-likeness (QED) is 0.470. The molecule has 2 aromatic rings. The zero-order chi connectivity index (χ0) is 20.5. The molecule has 1 heterocycles. The average Bonchev–Trinajstić information content (AvgIpc) is 2.86. The standard InChI is InChI=1S/C20H15F3INO3/c21-20(22,23)16(19(27)28)8-7-14-15-10-13(24)6-9-17(15)25(18(14)26)11-12-4-2-1-3-5-12/h1-6,8-10,14H,7,11H2,(H,27,28)/b16-8-. The van der Waals surface area contributed by atoms with Crippen molar-refractivity contribution in [3.8, 4) is 0 Å². The zero-order valence-electron chi connectivity index (χ0n) is 14.4. The number of aliphatic carboxylic acids is 1. The number of alkyl halides is 3. The monoisotopic (exact) mass is 501 g/mol. The number of anilines is 1. The van der Waals surface area contributed by atoms with Crippen LogP contribution in [0.15, 0.2) is 60.2 Å². The number of halogens is 4. The predicted octanol–water partition coefficient (Wildman–Crippen LogP) is 4.89. The summed E-state index contributed by atoms with van der Waals surface area (Å²) < 4.78 is 39.6. The summed E-state index contributed by atoms with van der Waals surface area (Å²) in [6.07, 6.45) is -4.72. The summed E-state index contributed by atoms with van der Waals surface area (Å²) in [5, 5.41) is 8.85. The van der Waals surface area contributed by atoms with Crippen LogP contribution >= 0.6 is 22.6 Å². The number of allylic oxidation sites excluding steroid dienone is 1. The van der Waals surface area contributed by atoms with Crippen LogP contribution in [-0.2, 0) is 16.1 Å². The number of benzene rings is 2. The number of amides is 1. The number of carboxylic acid groups (broad SMARTS) is 1. The van der Waals surface area contributed by atoms with Gasteiger partial charge in [-0.1, -0.05) is 36.4 Å². The van der Waals surface area contributed by atoms with Crippen molar-refractivity contribution in [1.29, 1.82) is 0 Å². The molecule has 1 atom stereocenters. The lowest BCUT2D eigenvalue weighted by Gasteiger charge is -2.18. The fourth-order valence-electron chi connectivity index (χ4n) is 3.21. The van der Waals surface area contributed by atoms with Gasteiger partial charge in [-0.15, -0.1) is 0 Å². The third-order valence-corrected chi connectivity index (χ3v) is 5.17. The molecule has 4 nitrogen and oxygen atoms in total. The molecule has 0 aliphatic carbocycles. The third-order valence-electron chi connectivity index (χ3n) is 4.50. The smallest absolute Gasteiger partial charge is 0.423 e. The van der Waals surface area contributed by atoms with Crippen LogP contribution in [0.3, 0.4) is 0 Å². The normalized spacial score (nSPS) is 17.0. The van der Waals surface area contributed by atoms with Crippen molar-refractivity contribution in [3.05, 3.63) is 74.9 Å². The second kappa shape index (κ2) is 7.94. The van der Waals surface area contributed by atoms with E-state index in [-0.39, 0.29) is 12.3 Å². The van der Waals surface area contributed by atoms with Crippen LogP contribution in [0.4, 0.5) is 18.9 Å². The predicted molar refractivity (Wildman–Crippen MR) is 106 cm³/mol. The Hall–Kier alpha value is -2.36. The molecule has 0 saturated heterocycles. The van der Waals surface area contributed by atoms with Gasteiger partial charge in [0.15, 0.2) is 0 Å². The first-order valence-electron chi connectivity index (χ1n) is 8.34. The molecule has 0 fully saturated rings. The van der Waals surface area contributed by atoms with Gasteiger partial charge in [-0.2, -0.15) is 13.2 Å². The first-order chi connectivity index (χ1) is 13.2. The maximum atomic E-state index is 13.0. The molecule has 1 aliphatic rings. The van der Waals surface area contributed by atoms with E-state index in [9.17, 15) is 22.8 Å². The molecule has 28 heavy (non-hydrogen) atoms. The molecular formula is C20H15F3INO3. The number of hydrogen-bond acceptors (Lipinski definition) is 2. The highest BCUT2D eigenvalue weighted by molar-refractivity contribution is 14.1. The Morgan fingerprint density at radius 2 is 1.86 bits per heavy atom. The highest BCUT2D eigenvalue weighted by atomic mass is 127. The van der Waals surface area contributed by atoms with Crippen LogP contribution in [0.25, 0.3) is 0 Å². The van der Waals surface area contributed by atoms with Gasteiger partial charge in [0.05, 0.1) is 12.5 Å². The van der Waals surface area contributed by atoms with Crippen LogP contribution in [0, 0.1) is 3.57 Å². The Labute approximate surface area is 172 Å². The van der Waals surface area contributed by atoms with Crippen molar-refractivity contribution in [3.63, 3.8) is 0 Å². The molecule has 1 amide bonds. The van der Waals surface area contributed by atoms with Crippen molar-refractivity contribution in [2.45, 2.75) is 25.1 Å². The van der Waals surface area contributed by atoms with Crippen molar-refractivity contribution in [2.75, 3.05) is 4.90 Å². The number of fused-ring (bicyclic) bond motifs is 1. The molecule has 0 spiro atoms. The van der Waals surface area contributed by atoms with Gasteiger partial charge >= 0.3 is 12.1 Å². The van der Waals surface area contributed by atoms with Gasteiger partial charge in [0.25, 0.3) is 0 Å². The Balaban J connectivity index is 1.95. The lowest BCUT2D eigenvalue weighted by atomic mass is 9.96. The molecule has 2 aromatic carbocycles. The Kier molecular flexibility index (Phi) is 5.78. The topological polar surface area (TPSA) is 57.6 Å². The first-order valence-corrected chi connectivity index (χ1v) is 9.41. The molecule has 1 aliphatic heterocycles. The SMILES string of the molecule is O=C(O)/C(=C/CC1C(=O)N(Cc2ccccc2)c2ccc(I)cc21)C(F)(F)F. The second-order valence-electron chi connectivity index (χ2n) is 6.32. The summed E-state index contributed by atoms with van der Waals surface area (Å²) >= 11 is 2.07. The van der Waals surface area contributed by atoms with Crippen LogP contribution in [-0.4, -0.2) is 23.2 Å². The maximum Gasteiger partial charge on any atom is 0.423 e. The van der Waals surface area contributed by atoms with Crippen LogP contribution in [0.5, 0.6) is 0 Å². The van der Waals surface area contributed by atoms with E-state index in [2.05, 4.69) is 22.6 Å². The van der Waals surface area contributed by atoms with Gasteiger partial charge in [0, 0.05) is 9.26 Å². The number of carboxylic acids is 1. The molecule has 146 valence electrons. The largest absolute Gasteiger partial charge is 0.478 e. The Morgan fingerprint density at radius 3 is 2.46 bits per heavy atom. The van der Waals surface area contributed by atoms with E-state index >= 15 is 0 Å². The van der Waals surface area contributed by atoms with E-state index in [0.717, 1.165) is 9.13 Å². The van der Waals surface area contributed by atoms with E-state index in [1.54, 1.807) is 12.1 Å². The molecule has 0 saturated carbocycles. The fraction of sp³-hybridized carbons (Fsp3) is 0.200.